The smallest absolute Gasteiger partial charge is 0.270 e. The van der Waals surface area contributed by atoms with Gasteiger partial charge in [0.05, 0.1) is 0 Å². The van der Waals surface area contributed by atoms with Crippen LogP contribution in [0.2, 0.25) is 0 Å². The largest absolute Gasteiger partial charge is 0.385 e. The highest BCUT2D eigenvalue weighted by Gasteiger charge is 2.27. The molecular weight excluding hydrogens is 226 g/mol. The Hall–Kier alpha value is -1.58. The van der Waals surface area contributed by atoms with E-state index in [-0.39, 0.29) is 5.91 Å². The highest BCUT2D eigenvalue weighted by Crippen LogP contribution is 2.26. The van der Waals surface area contributed by atoms with Crippen LogP contribution in [0.5, 0.6) is 0 Å². The maximum absolute atomic E-state index is 12.0. The van der Waals surface area contributed by atoms with Gasteiger partial charge >= 0.3 is 0 Å². The van der Waals surface area contributed by atoms with Crippen LogP contribution < -0.4 is 10.6 Å². The lowest BCUT2D eigenvalue weighted by Crippen LogP contribution is -2.43. The zero-order valence-corrected chi connectivity index (χ0v) is 11.1. The number of carbonyl (C=O) groups is 1. The summed E-state index contributed by atoms with van der Waals surface area (Å²) in [5.74, 6) is 0.674. The fraction of sp³-hybridized carbons (Fsp3) is 0.571. The van der Waals surface area contributed by atoms with E-state index in [0.29, 0.717) is 11.7 Å². The molecule has 1 aliphatic rings. The molecule has 4 heteroatoms. The summed E-state index contributed by atoms with van der Waals surface area (Å²) in [7, 11) is 0. The van der Waals surface area contributed by atoms with E-state index in [1.165, 1.54) is 0 Å². The van der Waals surface area contributed by atoms with Crippen molar-refractivity contribution >= 4 is 11.6 Å². The van der Waals surface area contributed by atoms with Crippen molar-refractivity contribution in [2.24, 2.45) is 5.92 Å². The molecule has 2 rings (SSSR count). The van der Waals surface area contributed by atoms with E-state index in [0.717, 1.165) is 37.4 Å². The predicted molar refractivity (Wildman–Crippen MR) is 72.7 cm³/mol. The number of amides is 1. The van der Waals surface area contributed by atoms with E-state index in [1.807, 2.05) is 12.1 Å². The second kappa shape index (κ2) is 5.85. The highest BCUT2D eigenvalue weighted by molar-refractivity contribution is 5.93. The van der Waals surface area contributed by atoms with Gasteiger partial charge in [0.25, 0.3) is 5.91 Å². The van der Waals surface area contributed by atoms with Crippen LogP contribution in [0.25, 0.3) is 0 Å². The molecule has 0 aliphatic heterocycles. The molecule has 0 radical (unpaired) electrons. The predicted octanol–water partition coefficient (Wildman–Crippen LogP) is 2.43. The first-order chi connectivity index (χ1) is 8.69. The average Bonchev–Trinajstić information content (AvgIpc) is 2.35. The first-order valence-electron chi connectivity index (χ1n) is 6.69. The third-order valence-corrected chi connectivity index (χ3v) is 3.28. The lowest BCUT2D eigenvalue weighted by Gasteiger charge is -2.33. The monoisotopic (exact) mass is 247 g/mol. The Balaban J connectivity index is 1.92. The van der Waals surface area contributed by atoms with E-state index >= 15 is 0 Å². The van der Waals surface area contributed by atoms with Crippen molar-refractivity contribution in [3.05, 3.63) is 24.0 Å². The van der Waals surface area contributed by atoms with Crippen LogP contribution >= 0.6 is 0 Å². The van der Waals surface area contributed by atoms with Gasteiger partial charge in [0.15, 0.2) is 0 Å². The van der Waals surface area contributed by atoms with Crippen LogP contribution in [-0.2, 0) is 0 Å². The molecule has 2 N–H and O–H groups in total. The molecule has 1 aliphatic carbocycles. The molecule has 0 spiro atoms. The average molecular weight is 247 g/mol. The number of aromatic nitrogens is 1. The summed E-state index contributed by atoms with van der Waals surface area (Å²) in [6.45, 7) is 5.22. The van der Waals surface area contributed by atoms with E-state index in [1.54, 1.807) is 6.20 Å². The fourth-order valence-electron chi connectivity index (χ4n) is 2.21. The molecule has 18 heavy (non-hydrogen) atoms. The number of pyridine rings is 1. The van der Waals surface area contributed by atoms with Crippen LogP contribution in [0, 0.1) is 5.92 Å². The Morgan fingerprint density at radius 1 is 1.50 bits per heavy atom. The zero-order valence-electron chi connectivity index (χ0n) is 11.1. The molecule has 0 unspecified atom stereocenters. The summed E-state index contributed by atoms with van der Waals surface area (Å²) < 4.78 is 0. The quantitative estimate of drug-likeness (QED) is 0.840. The first-order valence-corrected chi connectivity index (χ1v) is 6.69. The van der Waals surface area contributed by atoms with Crippen LogP contribution in [0.3, 0.4) is 0 Å². The zero-order chi connectivity index (χ0) is 13.0. The molecule has 1 heterocycles. The van der Waals surface area contributed by atoms with Gasteiger partial charge in [-0.2, -0.15) is 0 Å². The lowest BCUT2D eigenvalue weighted by atomic mass is 9.82. The maximum Gasteiger partial charge on any atom is 0.270 e. The molecule has 1 aromatic heterocycles. The van der Waals surface area contributed by atoms with Crippen molar-refractivity contribution < 1.29 is 4.79 Å². The molecule has 0 atom stereocenters. The third kappa shape index (κ3) is 3.22. The summed E-state index contributed by atoms with van der Waals surface area (Å²) >= 11 is 0. The third-order valence-electron chi connectivity index (χ3n) is 3.28. The number of nitrogens with one attached hydrogen (secondary N) is 2. The standard InChI is InChI=1S/C14H21N3O/c1-3-5-15-11-4-6-16-13(9-11)14(18)17-12-7-10(2)8-12/h4,6,9-10,12H,3,5,7-8H2,1-2H3,(H,15,16)(H,17,18). The van der Waals surface area contributed by atoms with Crippen molar-refractivity contribution in [3.8, 4) is 0 Å². The molecule has 1 saturated carbocycles. The number of nitrogens with zero attached hydrogens (tertiary/aromatic N) is 1. The van der Waals surface area contributed by atoms with Gasteiger partial charge in [-0.1, -0.05) is 13.8 Å². The SMILES string of the molecule is CCCNc1ccnc(C(=O)NC2CC(C)C2)c1. The Bertz CT molecular complexity index is 413. The minimum atomic E-state index is -0.0629. The van der Waals surface area contributed by atoms with Gasteiger partial charge in [-0.05, 0) is 37.3 Å². The van der Waals surface area contributed by atoms with Crippen molar-refractivity contribution in [1.29, 1.82) is 0 Å². The van der Waals surface area contributed by atoms with Gasteiger partial charge < -0.3 is 10.6 Å². The van der Waals surface area contributed by atoms with E-state index < -0.39 is 0 Å². The lowest BCUT2D eigenvalue weighted by molar-refractivity contribution is 0.0891. The summed E-state index contributed by atoms with van der Waals surface area (Å²) in [5.41, 5.74) is 1.45. The van der Waals surface area contributed by atoms with Crippen LogP contribution in [-0.4, -0.2) is 23.5 Å². The molecule has 4 nitrogen and oxygen atoms in total. The van der Waals surface area contributed by atoms with Gasteiger partial charge in [-0.15, -0.1) is 0 Å². The number of anilines is 1. The Kier molecular flexibility index (Phi) is 4.18. The maximum atomic E-state index is 12.0. The number of hydrogen-bond donors (Lipinski definition) is 2. The number of carbonyl (C=O) groups excluding carboxylic acids is 1. The van der Waals surface area contributed by atoms with Crippen LogP contribution in [0.4, 0.5) is 5.69 Å². The molecule has 1 aromatic rings. The van der Waals surface area contributed by atoms with Gasteiger partial charge in [0.1, 0.15) is 5.69 Å². The number of hydrogen-bond acceptors (Lipinski definition) is 3. The van der Waals surface area contributed by atoms with Crippen LogP contribution in [0.1, 0.15) is 43.6 Å². The van der Waals surface area contributed by atoms with Gasteiger partial charge in [-0.3, -0.25) is 9.78 Å². The van der Waals surface area contributed by atoms with Gasteiger partial charge in [-0.25, -0.2) is 0 Å². The van der Waals surface area contributed by atoms with Crippen molar-refractivity contribution in [2.75, 3.05) is 11.9 Å². The summed E-state index contributed by atoms with van der Waals surface area (Å²) in [4.78, 5) is 16.1. The molecule has 1 fully saturated rings. The summed E-state index contributed by atoms with van der Waals surface area (Å²) in [6, 6.07) is 4.03. The van der Waals surface area contributed by atoms with Gasteiger partial charge in [0.2, 0.25) is 0 Å². The van der Waals surface area contributed by atoms with E-state index in [2.05, 4.69) is 29.5 Å². The van der Waals surface area contributed by atoms with Crippen LogP contribution in [0.15, 0.2) is 18.3 Å². The first kappa shape index (κ1) is 12.9. The fourth-order valence-corrected chi connectivity index (χ4v) is 2.21. The van der Waals surface area contributed by atoms with Crippen molar-refractivity contribution in [3.63, 3.8) is 0 Å². The highest BCUT2D eigenvalue weighted by atomic mass is 16.1. The Morgan fingerprint density at radius 3 is 2.94 bits per heavy atom. The summed E-state index contributed by atoms with van der Waals surface area (Å²) in [5, 5.41) is 6.28. The summed E-state index contributed by atoms with van der Waals surface area (Å²) in [6.07, 6.45) is 4.90. The number of rotatable bonds is 5. The minimum Gasteiger partial charge on any atom is -0.385 e. The molecule has 1 amide bonds. The second-order valence-electron chi connectivity index (χ2n) is 5.10. The van der Waals surface area contributed by atoms with Crippen molar-refractivity contribution in [2.45, 2.75) is 39.2 Å². The second-order valence-corrected chi connectivity index (χ2v) is 5.10. The van der Waals surface area contributed by atoms with E-state index in [9.17, 15) is 4.79 Å². The Labute approximate surface area is 108 Å². The topological polar surface area (TPSA) is 54.0 Å². The molecule has 0 aromatic carbocycles. The normalized spacial score (nSPS) is 22.1. The molecular formula is C14H21N3O. The minimum absolute atomic E-state index is 0.0629. The molecule has 0 bridgehead atoms. The van der Waals surface area contributed by atoms with Gasteiger partial charge in [0, 0.05) is 24.5 Å². The van der Waals surface area contributed by atoms with Crippen molar-refractivity contribution in [1.82, 2.24) is 10.3 Å². The molecule has 98 valence electrons. The van der Waals surface area contributed by atoms with E-state index in [4.69, 9.17) is 0 Å². The molecule has 0 saturated heterocycles. The Morgan fingerprint density at radius 2 is 2.28 bits per heavy atom.